The maximum atomic E-state index is 12.2. The lowest BCUT2D eigenvalue weighted by atomic mass is 9.82. The van der Waals surface area contributed by atoms with Crippen molar-refractivity contribution < 1.29 is 14.6 Å². The number of carbonyl (C=O) groups excluding carboxylic acids is 1. The van der Waals surface area contributed by atoms with E-state index in [9.17, 15) is 9.90 Å². The molecule has 0 aromatic carbocycles. The molecule has 1 amide bonds. The zero-order valence-electron chi connectivity index (χ0n) is 11.4. The van der Waals surface area contributed by atoms with Crippen LogP contribution >= 0.6 is 0 Å². The molecule has 0 atom stereocenters. The Kier molecular flexibility index (Phi) is 4.62. The number of hydrogen-bond acceptors (Lipinski definition) is 3. The fraction of sp³-hybridized carbons (Fsp3) is 0.929. The summed E-state index contributed by atoms with van der Waals surface area (Å²) < 4.78 is 5.31. The molecule has 0 aromatic heterocycles. The molecule has 2 rings (SSSR count). The third-order valence-corrected chi connectivity index (χ3v) is 4.40. The number of amides is 1. The Bertz CT molecular complexity index is 281. The van der Waals surface area contributed by atoms with Gasteiger partial charge in [-0.05, 0) is 25.7 Å². The van der Waals surface area contributed by atoms with E-state index in [4.69, 9.17) is 4.74 Å². The van der Waals surface area contributed by atoms with E-state index in [0.29, 0.717) is 12.5 Å². The molecule has 1 N–H and O–H groups in total. The van der Waals surface area contributed by atoms with Gasteiger partial charge in [0.2, 0.25) is 5.91 Å². The van der Waals surface area contributed by atoms with Gasteiger partial charge in [-0.2, -0.15) is 0 Å². The van der Waals surface area contributed by atoms with Crippen LogP contribution in [0.1, 0.15) is 51.4 Å². The first-order chi connectivity index (χ1) is 8.61. The van der Waals surface area contributed by atoms with E-state index in [1.54, 1.807) is 0 Å². The van der Waals surface area contributed by atoms with Crippen LogP contribution in [0, 0.1) is 0 Å². The van der Waals surface area contributed by atoms with Crippen LogP contribution in [0.15, 0.2) is 0 Å². The molecular formula is C14H25NO3. The van der Waals surface area contributed by atoms with Gasteiger partial charge in [-0.25, -0.2) is 0 Å². The summed E-state index contributed by atoms with van der Waals surface area (Å²) in [5.41, 5.74) is -0.741. The monoisotopic (exact) mass is 255 g/mol. The fourth-order valence-corrected chi connectivity index (χ4v) is 3.07. The maximum Gasteiger partial charge on any atom is 0.225 e. The van der Waals surface area contributed by atoms with Crippen LogP contribution in [-0.2, 0) is 9.53 Å². The van der Waals surface area contributed by atoms with E-state index in [1.165, 1.54) is 6.42 Å². The lowest BCUT2D eigenvalue weighted by Gasteiger charge is -2.36. The highest BCUT2D eigenvalue weighted by molar-refractivity contribution is 5.77. The molecular weight excluding hydrogens is 230 g/mol. The van der Waals surface area contributed by atoms with Crippen molar-refractivity contribution in [2.45, 2.75) is 63.0 Å². The van der Waals surface area contributed by atoms with E-state index >= 15 is 0 Å². The van der Waals surface area contributed by atoms with Crippen molar-refractivity contribution in [3.05, 3.63) is 0 Å². The van der Waals surface area contributed by atoms with Gasteiger partial charge in [-0.3, -0.25) is 4.79 Å². The minimum absolute atomic E-state index is 0.0892. The number of ether oxygens (including phenoxy) is 1. The van der Waals surface area contributed by atoms with Crippen LogP contribution in [0.2, 0.25) is 0 Å². The van der Waals surface area contributed by atoms with Crippen molar-refractivity contribution >= 4 is 5.91 Å². The summed E-state index contributed by atoms with van der Waals surface area (Å²) in [6, 6.07) is 0.290. The molecule has 18 heavy (non-hydrogen) atoms. The zero-order valence-corrected chi connectivity index (χ0v) is 11.4. The van der Waals surface area contributed by atoms with Crippen molar-refractivity contribution in [2.75, 3.05) is 20.3 Å². The van der Waals surface area contributed by atoms with Gasteiger partial charge in [0.05, 0.1) is 12.0 Å². The maximum absolute atomic E-state index is 12.2. The third-order valence-electron chi connectivity index (χ3n) is 4.40. The van der Waals surface area contributed by atoms with Crippen molar-refractivity contribution in [1.29, 1.82) is 0 Å². The van der Waals surface area contributed by atoms with Gasteiger partial charge in [0.1, 0.15) is 0 Å². The fourth-order valence-electron chi connectivity index (χ4n) is 3.07. The highest BCUT2D eigenvalue weighted by Crippen LogP contribution is 2.31. The second kappa shape index (κ2) is 6.02. The Morgan fingerprint density at radius 2 is 1.89 bits per heavy atom. The van der Waals surface area contributed by atoms with Crippen molar-refractivity contribution in [1.82, 2.24) is 4.90 Å². The van der Waals surface area contributed by atoms with Crippen LogP contribution in [0.25, 0.3) is 0 Å². The molecule has 1 saturated heterocycles. The Morgan fingerprint density at radius 1 is 1.28 bits per heavy atom. The summed E-state index contributed by atoms with van der Waals surface area (Å²) in [5.74, 6) is 0.0892. The topological polar surface area (TPSA) is 49.8 Å². The van der Waals surface area contributed by atoms with Crippen molar-refractivity contribution in [3.8, 4) is 0 Å². The Balaban J connectivity index is 1.85. The molecule has 1 heterocycles. The molecule has 2 aliphatic rings. The average Bonchev–Trinajstić information content (AvgIpc) is 2.39. The first-order valence-electron chi connectivity index (χ1n) is 7.16. The molecule has 1 aliphatic heterocycles. The number of carbonyl (C=O) groups is 1. The SMILES string of the molecule is CN(C(=O)CC1(O)CCCCC1)C1CCOCC1. The number of rotatable bonds is 3. The predicted octanol–water partition coefficient (Wildman–Crippen LogP) is 1.71. The second-order valence-electron chi connectivity index (χ2n) is 5.81. The average molecular weight is 255 g/mol. The molecule has 2 fully saturated rings. The third kappa shape index (κ3) is 3.45. The lowest BCUT2D eigenvalue weighted by molar-refractivity contribution is -0.140. The summed E-state index contributed by atoms with van der Waals surface area (Å²) in [6.07, 6.45) is 6.96. The second-order valence-corrected chi connectivity index (χ2v) is 5.81. The first kappa shape index (κ1) is 13.8. The van der Waals surface area contributed by atoms with Gasteiger partial charge in [-0.15, -0.1) is 0 Å². The zero-order chi connectivity index (χ0) is 13.0. The molecule has 0 spiro atoms. The van der Waals surface area contributed by atoms with E-state index in [-0.39, 0.29) is 5.91 Å². The number of nitrogens with zero attached hydrogens (tertiary/aromatic N) is 1. The van der Waals surface area contributed by atoms with E-state index in [1.807, 2.05) is 11.9 Å². The van der Waals surface area contributed by atoms with Gasteiger partial charge in [0, 0.05) is 26.3 Å². The van der Waals surface area contributed by atoms with Gasteiger partial charge in [-0.1, -0.05) is 19.3 Å². The van der Waals surface area contributed by atoms with Crippen LogP contribution in [-0.4, -0.2) is 47.8 Å². The summed E-state index contributed by atoms with van der Waals surface area (Å²) in [6.45, 7) is 1.49. The summed E-state index contributed by atoms with van der Waals surface area (Å²) in [4.78, 5) is 14.1. The molecule has 0 radical (unpaired) electrons. The lowest BCUT2D eigenvalue weighted by Crippen LogP contribution is -2.45. The molecule has 4 heteroatoms. The summed E-state index contributed by atoms with van der Waals surface area (Å²) in [5, 5.41) is 10.4. The number of hydrogen-bond donors (Lipinski definition) is 1. The Labute approximate surface area is 109 Å². The molecule has 0 aromatic rings. The summed E-state index contributed by atoms with van der Waals surface area (Å²) in [7, 11) is 1.87. The summed E-state index contributed by atoms with van der Waals surface area (Å²) >= 11 is 0. The largest absolute Gasteiger partial charge is 0.389 e. The van der Waals surface area contributed by atoms with Crippen LogP contribution < -0.4 is 0 Å². The Morgan fingerprint density at radius 3 is 2.50 bits per heavy atom. The smallest absolute Gasteiger partial charge is 0.225 e. The van der Waals surface area contributed by atoms with Crippen molar-refractivity contribution in [2.24, 2.45) is 0 Å². The van der Waals surface area contributed by atoms with Crippen LogP contribution in [0.5, 0.6) is 0 Å². The van der Waals surface area contributed by atoms with Gasteiger partial charge in [0.25, 0.3) is 0 Å². The molecule has 0 bridgehead atoms. The van der Waals surface area contributed by atoms with Gasteiger partial charge < -0.3 is 14.7 Å². The standard InChI is InChI=1S/C14H25NO3/c1-15(12-5-9-18-10-6-12)13(16)11-14(17)7-3-2-4-8-14/h12,17H,2-11H2,1H3. The van der Waals surface area contributed by atoms with Crippen LogP contribution in [0.3, 0.4) is 0 Å². The Hall–Kier alpha value is -0.610. The van der Waals surface area contributed by atoms with E-state index < -0.39 is 5.60 Å². The van der Waals surface area contributed by atoms with E-state index in [2.05, 4.69) is 0 Å². The quantitative estimate of drug-likeness (QED) is 0.835. The van der Waals surface area contributed by atoms with E-state index in [0.717, 1.165) is 51.7 Å². The predicted molar refractivity (Wildman–Crippen MR) is 69.3 cm³/mol. The highest BCUT2D eigenvalue weighted by atomic mass is 16.5. The molecule has 104 valence electrons. The minimum Gasteiger partial charge on any atom is -0.389 e. The molecule has 4 nitrogen and oxygen atoms in total. The van der Waals surface area contributed by atoms with Gasteiger partial charge >= 0.3 is 0 Å². The molecule has 1 saturated carbocycles. The molecule has 0 unspecified atom stereocenters. The highest BCUT2D eigenvalue weighted by Gasteiger charge is 2.34. The number of aliphatic hydroxyl groups is 1. The van der Waals surface area contributed by atoms with Crippen molar-refractivity contribution in [3.63, 3.8) is 0 Å². The first-order valence-corrected chi connectivity index (χ1v) is 7.16. The minimum atomic E-state index is -0.741. The van der Waals surface area contributed by atoms with Crippen LogP contribution in [0.4, 0.5) is 0 Å². The molecule has 1 aliphatic carbocycles. The van der Waals surface area contributed by atoms with Gasteiger partial charge in [0.15, 0.2) is 0 Å². The normalized spacial score (nSPS) is 24.8.